The van der Waals surface area contributed by atoms with Crippen LogP contribution in [0.4, 0.5) is 0 Å². The molecule has 1 aliphatic heterocycles. The summed E-state index contributed by atoms with van der Waals surface area (Å²) in [6.45, 7) is 3.50. The van der Waals surface area contributed by atoms with E-state index in [1.807, 2.05) is 36.1 Å². The highest BCUT2D eigenvalue weighted by atomic mass is 32.2. The molecule has 24 heavy (non-hydrogen) atoms. The van der Waals surface area contributed by atoms with Crippen LogP contribution < -0.4 is 0 Å². The lowest BCUT2D eigenvalue weighted by molar-refractivity contribution is -0.131. The average Bonchev–Trinajstić information content (AvgIpc) is 2.99. The van der Waals surface area contributed by atoms with E-state index in [0.717, 1.165) is 17.9 Å². The molecule has 4 heteroatoms. The Hall–Kier alpha value is -2.20. The summed E-state index contributed by atoms with van der Waals surface area (Å²) >= 11 is 1.63. The van der Waals surface area contributed by atoms with Crippen molar-refractivity contribution in [3.8, 4) is 0 Å². The van der Waals surface area contributed by atoms with Gasteiger partial charge in [-0.1, -0.05) is 36.4 Å². The lowest BCUT2D eigenvalue weighted by Gasteiger charge is -2.29. The van der Waals surface area contributed by atoms with E-state index in [1.54, 1.807) is 11.8 Å². The highest BCUT2D eigenvalue weighted by Gasteiger charge is 2.27. The van der Waals surface area contributed by atoms with Crippen molar-refractivity contribution in [2.45, 2.75) is 30.0 Å². The van der Waals surface area contributed by atoms with Gasteiger partial charge in [0.05, 0.1) is 5.25 Å². The van der Waals surface area contributed by atoms with Crippen LogP contribution in [0.15, 0.2) is 59.5 Å². The third-order valence-electron chi connectivity index (χ3n) is 4.60. The van der Waals surface area contributed by atoms with Gasteiger partial charge in [-0.15, -0.1) is 11.8 Å². The van der Waals surface area contributed by atoms with Crippen LogP contribution in [0.5, 0.6) is 0 Å². The van der Waals surface area contributed by atoms with E-state index >= 15 is 0 Å². The van der Waals surface area contributed by atoms with E-state index in [4.69, 9.17) is 0 Å². The molecule has 2 aromatic carbocycles. The SMILES string of the molecule is CC(Sc1ccccc1)C(=O)N1CCc2[nH]c3ccccc3c2C1. The third-order valence-corrected chi connectivity index (χ3v) is 5.70. The first-order valence-electron chi connectivity index (χ1n) is 8.31. The maximum absolute atomic E-state index is 12.9. The molecule has 0 saturated carbocycles. The summed E-state index contributed by atoms with van der Waals surface area (Å²) < 4.78 is 0. The molecule has 2 heterocycles. The summed E-state index contributed by atoms with van der Waals surface area (Å²) in [6, 6.07) is 18.5. The van der Waals surface area contributed by atoms with Crippen LogP contribution in [-0.2, 0) is 17.8 Å². The van der Waals surface area contributed by atoms with Crippen LogP contribution >= 0.6 is 11.8 Å². The second kappa shape index (κ2) is 6.36. The lowest BCUT2D eigenvalue weighted by atomic mass is 10.0. The Morgan fingerprint density at radius 2 is 1.88 bits per heavy atom. The topological polar surface area (TPSA) is 36.1 Å². The molecule has 122 valence electrons. The standard InChI is InChI=1S/C20H20N2OS/c1-14(24-15-7-3-2-4-8-15)20(23)22-12-11-19-17(13-22)16-9-5-6-10-18(16)21-19/h2-10,14,21H,11-13H2,1H3. The van der Waals surface area contributed by atoms with Gasteiger partial charge in [-0.3, -0.25) is 4.79 Å². The lowest BCUT2D eigenvalue weighted by Crippen LogP contribution is -2.40. The highest BCUT2D eigenvalue weighted by Crippen LogP contribution is 2.30. The molecule has 3 nitrogen and oxygen atoms in total. The van der Waals surface area contributed by atoms with Crippen LogP contribution in [0.1, 0.15) is 18.2 Å². The van der Waals surface area contributed by atoms with Gasteiger partial charge in [0.15, 0.2) is 0 Å². The number of nitrogens with zero attached hydrogens (tertiary/aromatic N) is 1. The van der Waals surface area contributed by atoms with E-state index in [9.17, 15) is 4.79 Å². The van der Waals surface area contributed by atoms with Crippen molar-refractivity contribution in [2.75, 3.05) is 6.54 Å². The molecule has 0 aliphatic carbocycles. The van der Waals surface area contributed by atoms with Crippen LogP contribution in [0.2, 0.25) is 0 Å². The monoisotopic (exact) mass is 336 g/mol. The van der Waals surface area contributed by atoms with Gasteiger partial charge in [0, 0.05) is 46.6 Å². The number of hydrogen-bond donors (Lipinski definition) is 1. The maximum atomic E-state index is 12.9. The van der Waals surface area contributed by atoms with Crippen molar-refractivity contribution in [2.24, 2.45) is 0 Å². The molecule has 1 amide bonds. The Morgan fingerprint density at radius 1 is 1.12 bits per heavy atom. The zero-order valence-corrected chi connectivity index (χ0v) is 14.5. The fourth-order valence-electron chi connectivity index (χ4n) is 3.37. The second-order valence-corrected chi connectivity index (χ2v) is 7.62. The van der Waals surface area contributed by atoms with E-state index in [2.05, 4.69) is 35.3 Å². The molecule has 4 rings (SSSR count). The van der Waals surface area contributed by atoms with Crippen LogP contribution in [0, 0.1) is 0 Å². The molecular weight excluding hydrogens is 316 g/mol. The first-order chi connectivity index (χ1) is 11.7. The summed E-state index contributed by atoms with van der Waals surface area (Å²) in [5.41, 5.74) is 3.73. The van der Waals surface area contributed by atoms with Crippen LogP contribution in [-0.4, -0.2) is 27.6 Å². The van der Waals surface area contributed by atoms with E-state index in [1.165, 1.54) is 22.2 Å². The van der Waals surface area contributed by atoms with Gasteiger partial charge in [-0.25, -0.2) is 0 Å². The number of nitrogens with one attached hydrogen (secondary N) is 1. The first-order valence-corrected chi connectivity index (χ1v) is 9.19. The van der Waals surface area contributed by atoms with Crippen LogP contribution in [0.3, 0.4) is 0 Å². The highest BCUT2D eigenvalue weighted by molar-refractivity contribution is 8.00. The first kappa shape index (κ1) is 15.3. The minimum absolute atomic E-state index is 0.0702. The van der Waals surface area contributed by atoms with Gasteiger partial charge in [-0.05, 0) is 25.1 Å². The van der Waals surface area contributed by atoms with Crippen molar-refractivity contribution in [3.05, 3.63) is 65.9 Å². The number of H-pyrrole nitrogens is 1. The van der Waals surface area contributed by atoms with E-state index in [0.29, 0.717) is 6.54 Å². The fraction of sp³-hybridized carbons (Fsp3) is 0.250. The Bertz CT molecular complexity index is 872. The molecule has 0 saturated heterocycles. The Labute approximate surface area is 146 Å². The number of amides is 1. The minimum atomic E-state index is -0.0702. The number of benzene rings is 2. The van der Waals surface area contributed by atoms with Gasteiger partial charge < -0.3 is 9.88 Å². The largest absolute Gasteiger partial charge is 0.358 e. The molecule has 1 N–H and O–H groups in total. The van der Waals surface area contributed by atoms with Crippen molar-refractivity contribution >= 4 is 28.6 Å². The van der Waals surface area contributed by atoms with Gasteiger partial charge in [0.25, 0.3) is 0 Å². The number of hydrogen-bond acceptors (Lipinski definition) is 2. The molecule has 1 unspecified atom stereocenters. The van der Waals surface area contributed by atoms with Crippen molar-refractivity contribution in [1.29, 1.82) is 0 Å². The van der Waals surface area contributed by atoms with Gasteiger partial charge >= 0.3 is 0 Å². The Kier molecular flexibility index (Phi) is 4.07. The smallest absolute Gasteiger partial charge is 0.236 e. The number of aromatic amines is 1. The number of carbonyl (C=O) groups is 1. The summed E-state index contributed by atoms with van der Waals surface area (Å²) in [7, 11) is 0. The van der Waals surface area contributed by atoms with Crippen molar-refractivity contribution < 1.29 is 4.79 Å². The molecule has 0 spiro atoms. The fourth-order valence-corrected chi connectivity index (χ4v) is 4.34. The van der Waals surface area contributed by atoms with Gasteiger partial charge in [0.2, 0.25) is 5.91 Å². The maximum Gasteiger partial charge on any atom is 0.236 e. The van der Waals surface area contributed by atoms with E-state index in [-0.39, 0.29) is 11.2 Å². The minimum Gasteiger partial charge on any atom is -0.358 e. The quantitative estimate of drug-likeness (QED) is 0.727. The number of para-hydroxylation sites is 1. The predicted octanol–water partition coefficient (Wildman–Crippen LogP) is 4.23. The number of rotatable bonds is 3. The third kappa shape index (κ3) is 2.82. The summed E-state index contributed by atoms with van der Waals surface area (Å²) in [5.74, 6) is 0.222. The van der Waals surface area contributed by atoms with Gasteiger partial charge in [-0.2, -0.15) is 0 Å². The Balaban J connectivity index is 1.52. The van der Waals surface area contributed by atoms with Crippen molar-refractivity contribution in [3.63, 3.8) is 0 Å². The molecule has 0 fully saturated rings. The summed E-state index contributed by atoms with van der Waals surface area (Å²) in [4.78, 5) is 19.5. The number of aromatic nitrogens is 1. The summed E-state index contributed by atoms with van der Waals surface area (Å²) in [6.07, 6.45) is 0.901. The molecule has 0 bridgehead atoms. The Morgan fingerprint density at radius 3 is 2.71 bits per heavy atom. The second-order valence-electron chi connectivity index (χ2n) is 6.21. The van der Waals surface area contributed by atoms with Crippen molar-refractivity contribution in [1.82, 2.24) is 9.88 Å². The molecule has 1 aromatic heterocycles. The molecule has 1 aliphatic rings. The summed E-state index contributed by atoms with van der Waals surface area (Å²) in [5, 5.41) is 1.17. The molecule has 0 radical (unpaired) electrons. The zero-order valence-electron chi connectivity index (χ0n) is 13.7. The number of fused-ring (bicyclic) bond motifs is 3. The molecule has 3 aromatic rings. The zero-order chi connectivity index (χ0) is 16.5. The van der Waals surface area contributed by atoms with Gasteiger partial charge in [0.1, 0.15) is 0 Å². The normalized spacial score (nSPS) is 15.3. The average molecular weight is 336 g/mol. The predicted molar refractivity (Wildman–Crippen MR) is 99.2 cm³/mol. The molecule has 1 atom stereocenters. The van der Waals surface area contributed by atoms with E-state index < -0.39 is 0 Å². The number of thioether (sulfide) groups is 1. The number of carbonyl (C=O) groups excluding carboxylic acids is 1. The molecular formula is C20H20N2OS. The van der Waals surface area contributed by atoms with Crippen LogP contribution in [0.25, 0.3) is 10.9 Å².